The van der Waals surface area contributed by atoms with E-state index in [0.717, 1.165) is 11.1 Å². The molecule has 1 aliphatic rings. The van der Waals surface area contributed by atoms with Gasteiger partial charge in [0.15, 0.2) is 0 Å². The van der Waals surface area contributed by atoms with Crippen LogP contribution in [0.15, 0.2) is 60.7 Å². The molecule has 0 radical (unpaired) electrons. The van der Waals surface area contributed by atoms with E-state index < -0.39 is 83.9 Å². The van der Waals surface area contributed by atoms with E-state index in [2.05, 4.69) is 26.6 Å². The molecule has 15 nitrogen and oxygen atoms in total. The number of hydrogen-bond acceptors (Lipinski definition) is 9. The van der Waals surface area contributed by atoms with E-state index in [0.29, 0.717) is 31.6 Å². The minimum atomic E-state index is -1.17. The lowest BCUT2D eigenvalue weighted by molar-refractivity contribution is -0.134. The summed E-state index contributed by atoms with van der Waals surface area (Å²) in [5, 5.41) is 13.5. The smallest absolute Gasteiger partial charge is 0.410 e. The highest BCUT2D eigenvalue weighted by atomic mass is 32.2. The summed E-state index contributed by atoms with van der Waals surface area (Å²) in [6.07, 6.45) is 2.95. The normalized spacial score (nSPS) is 16.1. The molecule has 7 N–H and O–H groups in total. The lowest BCUT2D eigenvalue weighted by Gasteiger charge is -2.29. The van der Waals surface area contributed by atoms with E-state index in [-0.39, 0.29) is 25.2 Å². The Labute approximate surface area is 339 Å². The van der Waals surface area contributed by atoms with Crippen LogP contribution in [-0.2, 0) is 46.3 Å². The third kappa shape index (κ3) is 16.1. The number of amides is 7. The number of nitrogens with one attached hydrogen (secondary N) is 5. The Balaban J connectivity index is 1.78. The van der Waals surface area contributed by atoms with Crippen LogP contribution in [-0.4, -0.2) is 107 Å². The quantitative estimate of drug-likeness (QED) is 0.115. The maximum Gasteiger partial charge on any atom is 0.410 e. The number of ether oxygens (including phenoxy) is 1. The molecule has 1 heterocycles. The summed E-state index contributed by atoms with van der Waals surface area (Å²) in [6, 6.07) is 13.0. The molecule has 0 spiro atoms. The van der Waals surface area contributed by atoms with E-state index in [1.165, 1.54) is 16.7 Å². The highest BCUT2D eigenvalue weighted by Crippen LogP contribution is 2.21. The molecule has 312 valence electrons. The predicted octanol–water partition coefficient (Wildman–Crippen LogP) is 2.21. The number of carbonyl (C=O) groups excluding carboxylic acids is 7. The van der Waals surface area contributed by atoms with Crippen LogP contribution in [0.2, 0.25) is 0 Å². The zero-order chi connectivity index (χ0) is 42.1. The summed E-state index contributed by atoms with van der Waals surface area (Å²) in [5.74, 6) is -3.16. The van der Waals surface area contributed by atoms with Crippen molar-refractivity contribution in [3.8, 4) is 0 Å². The van der Waals surface area contributed by atoms with Crippen molar-refractivity contribution in [2.75, 3.05) is 25.1 Å². The number of nitrogens with two attached hydrogens (primary N) is 1. The summed E-state index contributed by atoms with van der Waals surface area (Å²) in [7, 11) is 0. The molecule has 7 amide bonds. The summed E-state index contributed by atoms with van der Waals surface area (Å²) in [4.78, 5) is 94.3. The second-order valence-corrected chi connectivity index (χ2v) is 16.5. The lowest BCUT2D eigenvalue weighted by Crippen LogP contribution is -2.58. The second kappa shape index (κ2) is 22.6. The van der Waals surface area contributed by atoms with Gasteiger partial charge in [0.1, 0.15) is 35.8 Å². The van der Waals surface area contributed by atoms with Crippen LogP contribution in [0.3, 0.4) is 0 Å². The maximum absolute atomic E-state index is 14.1. The number of hydrogen-bond donors (Lipinski definition) is 6. The van der Waals surface area contributed by atoms with Crippen LogP contribution in [0.25, 0.3) is 0 Å². The largest absolute Gasteiger partial charge is 0.444 e. The average molecular weight is 810 g/mol. The molecule has 1 saturated heterocycles. The molecule has 5 atom stereocenters. The Kier molecular flexibility index (Phi) is 18.3. The molecule has 0 saturated carbocycles. The van der Waals surface area contributed by atoms with E-state index in [9.17, 15) is 33.6 Å². The molecule has 1 fully saturated rings. The van der Waals surface area contributed by atoms with E-state index >= 15 is 0 Å². The number of primary amides is 1. The van der Waals surface area contributed by atoms with Crippen LogP contribution in [0.1, 0.15) is 71.4 Å². The first-order valence-corrected chi connectivity index (χ1v) is 20.7. The van der Waals surface area contributed by atoms with Crippen molar-refractivity contribution in [3.63, 3.8) is 0 Å². The van der Waals surface area contributed by atoms with Crippen LogP contribution in [0, 0.1) is 5.92 Å². The Hall–Kier alpha value is -5.12. The third-order valence-electron chi connectivity index (χ3n) is 9.07. The highest BCUT2D eigenvalue weighted by Gasteiger charge is 2.38. The van der Waals surface area contributed by atoms with Gasteiger partial charge in [-0.25, -0.2) is 4.79 Å². The average Bonchev–Trinajstić information content (AvgIpc) is 3.65. The first-order chi connectivity index (χ1) is 27.0. The zero-order valence-corrected chi connectivity index (χ0v) is 34.6. The first-order valence-electron chi connectivity index (χ1n) is 19.3. The zero-order valence-electron chi connectivity index (χ0n) is 33.8. The van der Waals surface area contributed by atoms with Gasteiger partial charge in [-0.1, -0.05) is 74.5 Å². The van der Waals surface area contributed by atoms with Crippen LogP contribution in [0.4, 0.5) is 4.79 Å². The Morgan fingerprint density at radius 2 is 1.33 bits per heavy atom. The van der Waals surface area contributed by atoms with Gasteiger partial charge in [0.25, 0.3) is 0 Å². The lowest BCUT2D eigenvalue weighted by atomic mass is 10.0. The SMILES string of the molecule is CSCC[C@H](NC(=O)[C@H](CC(C)C)NC(=O)CNC(=O)[C@H](Cc1ccccc1)NC(=O)[C@H](Cc1ccccc1)NC(=O)[C@H]1CCCN1C(=O)OC(C)(C)C)C(N)=O. The fourth-order valence-electron chi connectivity index (χ4n) is 6.27. The minimum absolute atomic E-state index is 0.00212. The van der Waals surface area contributed by atoms with Gasteiger partial charge in [-0.3, -0.25) is 33.7 Å². The fraction of sp³-hybridized carbons (Fsp3) is 0.537. The van der Waals surface area contributed by atoms with Crippen molar-refractivity contribution < 1.29 is 38.3 Å². The van der Waals surface area contributed by atoms with E-state index in [1.54, 1.807) is 57.2 Å². The van der Waals surface area contributed by atoms with Gasteiger partial charge in [0.2, 0.25) is 35.4 Å². The van der Waals surface area contributed by atoms with Crippen molar-refractivity contribution in [1.82, 2.24) is 31.5 Å². The summed E-state index contributed by atoms with van der Waals surface area (Å²) < 4.78 is 5.53. The number of nitrogens with zero attached hydrogens (tertiary/aromatic N) is 1. The first kappa shape index (κ1) is 46.3. The van der Waals surface area contributed by atoms with Gasteiger partial charge < -0.3 is 37.1 Å². The van der Waals surface area contributed by atoms with Crippen LogP contribution >= 0.6 is 11.8 Å². The van der Waals surface area contributed by atoms with Crippen molar-refractivity contribution in [2.24, 2.45) is 11.7 Å². The van der Waals surface area contributed by atoms with Crippen molar-refractivity contribution >= 4 is 53.3 Å². The molecule has 2 aromatic rings. The maximum atomic E-state index is 14.1. The number of carbonyl (C=O) groups is 7. The molecule has 16 heteroatoms. The predicted molar refractivity (Wildman–Crippen MR) is 219 cm³/mol. The standard InChI is InChI=1S/C41H59N7O8S/c1-26(2)22-30(37(52)45-29(35(42)50)19-21-57-6)44-34(49)25-43-36(51)31(23-27-14-9-7-10-15-27)46-38(53)32(24-28-16-11-8-12-17-28)47-39(54)33-18-13-20-48(33)40(55)56-41(3,4)5/h7-12,14-17,26,29-33H,13,18-25H2,1-6H3,(H2,42,50)(H,43,51)(H,44,49)(H,45,52)(H,46,53)(H,47,54)/t29-,30-,31-,32-,33+/m0/s1. The monoisotopic (exact) mass is 809 g/mol. The van der Waals surface area contributed by atoms with Crippen LogP contribution < -0.4 is 32.3 Å². The van der Waals surface area contributed by atoms with Gasteiger partial charge in [0.05, 0.1) is 6.54 Å². The topological polar surface area (TPSA) is 218 Å². The molecule has 2 aromatic carbocycles. The summed E-state index contributed by atoms with van der Waals surface area (Å²) >= 11 is 1.50. The molecule has 57 heavy (non-hydrogen) atoms. The number of likely N-dealkylation sites (tertiary alicyclic amines) is 1. The molecule has 0 unspecified atom stereocenters. The van der Waals surface area contributed by atoms with Gasteiger partial charge in [-0.15, -0.1) is 0 Å². The van der Waals surface area contributed by atoms with Gasteiger partial charge in [-0.2, -0.15) is 11.8 Å². The Bertz CT molecular complexity index is 1670. The third-order valence-corrected chi connectivity index (χ3v) is 9.71. The van der Waals surface area contributed by atoms with Crippen LogP contribution in [0.5, 0.6) is 0 Å². The van der Waals surface area contributed by atoms with Gasteiger partial charge in [0, 0.05) is 19.4 Å². The minimum Gasteiger partial charge on any atom is -0.444 e. The van der Waals surface area contributed by atoms with Gasteiger partial charge in [-0.05, 0) is 75.5 Å². The van der Waals surface area contributed by atoms with E-state index in [4.69, 9.17) is 10.5 Å². The van der Waals surface area contributed by atoms with Crippen molar-refractivity contribution in [2.45, 2.75) is 109 Å². The molecular formula is C41H59N7O8S. The second-order valence-electron chi connectivity index (χ2n) is 15.5. The van der Waals surface area contributed by atoms with E-state index in [1.807, 2.05) is 44.4 Å². The number of rotatable bonds is 20. The van der Waals surface area contributed by atoms with Crippen molar-refractivity contribution in [1.29, 1.82) is 0 Å². The Morgan fingerprint density at radius 1 is 0.789 bits per heavy atom. The number of thioether (sulfide) groups is 1. The van der Waals surface area contributed by atoms with Gasteiger partial charge >= 0.3 is 6.09 Å². The fourth-order valence-corrected chi connectivity index (χ4v) is 6.74. The summed E-state index contributed by atoms with van der Waals surface area (Å²) in [5.41, 5.74) is 6.22. The van der Waals surface area contributed by atoms with Crippen molar-refractivity contribution in [3.05, 3.63) is 71.8 Å². The molecule has 0 aliphatic carbocycles. The Morgan fingerprint density at radius 3 is 1.86 bits per heavy atom. The number of benzene rings is 2. The molecular weight excluding hydrogens is 751 g/mol. The highest BCUT2D eigenvalue weighted by molar-refractivity contribution is 7.98. The molecule has 0 bridgehead atoms. The molecule has 1 aliphatic heterocycles. The molecule has 3 rings (SSSR count). The molecule has 0 aromatic heterocycles. The summed E-state index contributed by atoms with van der Waals surface area (Å²) in [6.45, 7) is 8.79.